The molecule has 0 aliphatic carbocycles. The molecule has 0 spiro atoms. The number of fused-ring (bicyclic) bond motifs is 3. The van der Waals surface area contributed by atoms with Crippen LogP contribution in [0.4, 0.5) is 0 Å². The quantitative estimate of drug-likeness (QED) is 0.444. The molecular weight excluding hydrogens is 420 g/mol. The monoisotopic (exact) mass is 442 g/mol. The van der Waals surface area contributed by atoms with Gasteiger partial charge in [-0.15, -0.1) is 11.3 Å². The number of hydrogen-bond donors (Lipinski definition) is 0. The van der Waals surface area contributed by atoms with Crippen molar-refractivity contribution < 1.29 is 19.1 Å². The third-order valence-corrected chi connectivity index (χ3v) is 6.58. The van der Waals surface area contributed by atoms with Crippen molar-refractivity contribution in [1.29, 1.82) is 0 Å². The van der Waals surface area contributed by atoms with Gasteiger partial charge in [-0.25, -0.2) is 9.36 Å². The minimum atomic E-state index is -0.717. The molecule has 4 rings (SSSR count). The predicted octanol–water partition coefficient (Wildman–Crippen LogP) is 2.13. The number of ether oxygens (including phenoxy) is 2. The third-order valence-electron chi connectivity index (χ3n) is 5.35. The van der Waals surface area contributed by atoms with Crippen molar-refractivity contribution in [2.24, 2.45) is 0 Å². The van der Waals surface area contributed by atoms with Crippen LogP contribution in [0.25, 0.3) is 10.2 Å². The molecule has 3 aromatic rings. The molecule has 0 amide bonds. The fraction of sp³-hybridized carbons (Fsp3) is 0.364. The van der Waals surface area contributed by atoms with Crippen molar-refractivity contribution in [3.05, 3.63) is 67.2 Å². The van der Waals surface area contributed by atoms with E-state index < -0.39 is 29.4 Å². The second-order valence-electron chi connectivity index (χ2n) is 8.03. The molecule has 0 unspecified atom stereocenters. The molecule has 2 aromatic heterocycles. The molecule has 0 atom stereocenters. The lowest BCUT2D eigenvalue weighted by atomic mass is 9.94. The van der Waals surface area contributed by atoms with Gasteiger partial charge in [0.25, 0.3) is 5.56 Å². The Hall–Kier alpha value is -3.04. The normalized spacial score (nSPS) is 14.9. The summed E-state index contributed by atoms with van der Waals surface area (Å²) in [5.74, 6) is -0.984. The molecule has 0 fully saturated rings. The van der Waals surface area contributed by atoms with Crippen LogP contribution in [0.15, 0.2) is 39.9 Å². The smallest absolute Gasteiger partial charge is 0.333 e. The van der Waals surface area contributed by atoms with E-state index in [0.29, 0.717) is 28.8 Å². The number of esters is 1. The Kier molecular flexibility index (Phi) is 5.40. The number of nitrogens with zero attached hydrogens (tertiary/aromatic N) is 2. The van der Waals surface area contributed by atoms with Crippen LogP contribution in [0.2, 0.25) is 0 Å². The molecule has 1 aliphatic heterocycles. The van der Waals surface area contributed by atoms with Gasteiger partial charge in [-0.3, -0.25) is 19.0 Å². The maximum atomic E-state index is 13.3. The number of carbonyl (C=O) groups excluding carboxylic acids is 2. The van der Waals surface area contributed by atoms with E-state index in [4.69, 9.17) is 4.74 Å². The molecule has 0 bridgehead atoms. The summed E-state index contributed by atoms with van der Waals surface area (Å²) >= 11 is 1.28. The topological polar surface area (TPSA) is 96.6 Å². The summed E-state index contributed by atoms with van der Waals surface area (Å²) in [7, 11) is 1.19. The van der Waals surface area contributed by atoms with E-state index >= 15 is 0 Å². The lowest BCUT2D eigenvalue weighted by Crippen LogP contribution is -2.43. The number of rotatable bonds is 5. The van der Waals surface area contributed by atoms with E-state index in [0.717, 1.165) is 15.0 Å². The minimum absolute atomic E-state index is 0.246. The van der Waals surface area contributed by atoms with Crippen molar-refractivity contribution >= 4 is 33.3 Å². The maximum absolute atomic E-state index is 13.3. The maximum Gasteiger partial charge on any atom is 0.333 e. The summed E-state index contributed by atoms with van der Waals surface area (Å²) < 4.78 is 12.7. The van der Waals surface area contributed by atoms with Crippen LogP contribution in [0, 0.1) is 0 Å². The molecule has 162 valence electrons. The molecule has 8 nitrogen and oxygen atoms in total. The molecule has 3 heterocycles. The van der Waals surface area contributed by atoms with E-state index in [-0.39, 0.29) is 12.3 Å². The van der Waals surface area contributed by atoms with Crippen LogP contribution in [0.1, 0.15) is 34.6 Å². The van der Waals surface area contributed by atoms with Crippen LogP contribution < -0.4 is 11.2 Å². The minimum Gasteiger partial charge on any atom is -0.468 e. The first-order valence-corrected chi connectivity index (χ1v) is 10.6. The molecular formula is C22H22N2O6S. The van der Waals surface area contributed by atoms with Gasteiger partial charge < -0.3 is 9.47 Å². The van der Waals surface area contributed by atoms with Gasteiger partial charge in [0.05, 0.1) is 31.2 Å². The number of benzene rings is 1. The van der Waals surface area contributed by atoms with Gasteiger partial charge in [0.1, 0.15) is 11.4 Å². The predicted molar refractivity (Wildman–Crippen MR) is 116 cm³/mol. The van der Waals surface area contributed by atoms with E-state index in [1.54, 1.807) is 30.3 Å². The first-order chi connectivity index (χ1) is 14.7. The molecule has 1 aromatic carbocycles. The molecule has 0 saturated heterocycles. The molecule has 9 heteroatoms. The van der Waals surface area contributed by atoms with Gasteiger partial charge in [-0.2, -0.15) is 0 Å². The first kappa shape index (κ1) is 21.2. The van der Waals surface area contributed by atoms with Crippen LogP contribution in [-0.2, 0) is 40.4 Å². The van der Waals surface area contributed by atoms with Gasteiger partial charge in [-0.05, 0) is 19.4 Å². The van der Waals surface area contributed by atoms with E-state index in [1.165, 1.54) is 23.0 Å². The van der Waals surface area contributed by atoms with Crippen molar-refractivity contribution in [1.82, 2.24) is 9.13 Å². The van der Waals surface area contributed by atoms with Crippen LogP contribution in [0.5, 0.6) is 0 Å². The zero-order chi connectivity index (χ0) is 22.3. The van der Waals surface area contributed by atoms with Crippen LogP contribution in [-0.4, -0.2) is 33.6 Å². The highest BCUT2D eigenvalue weighted by Crippen LogP contribution is 2.37. The van der Waals surface area contributed by atoms with Crippen molar-refractivity contribution in [3.63, 3.8) is 0 Å². The van der Waals surface area contributed by atoms with Crippen LogP contribution >= 0.6 is 11.3 Å². The Labute approximate surface area is 181 Å². The Morgan fingerprint density at radius 3 is 2.52 bits per heavy atom. The largest absolute Gasteiger partial charge is 0.468 e. The van der Waals surface area contributed by atoms with Crippen molar-refractivity contribution in [2.75, 3.05) is 7.11 Å². The molecule has 0 saturated carbocycles. The Morgan fingerprint density at radius 1 is 1.13 bits per heavy atom. The number of carbonyl (C=O) groups is 2. The van der Waals surface area contributed by atoms with Gasteiger partial charge >= 0.3 is 11.7 Å². The molecule has 1 aliphatic rings. The van der Waals surface area contributed by atoms with E-state index in [9.17, 15) is 19.2 Å². The van der Waals surface area contributed by atoms with Crippen molar-refractivity contribution in [3.8, 4) is 0 Å². The second-order valence-corrected chi connectivity index (χ2v) is 9.12. The van der Waals surface area contributed by atoms with E-state index in [1.807, 2.05) is 13.8 Å². The first-order valence-electron chi connectivity index (χ1n) is 9.79. The molecule has 31 heavy (non-hydrogen) atoms. The van der Waals surface area contributed by atoms with Gasteiger partial charge in [0, 0.05) is 16.9 Å². The average Bonchev–Trinajstić information content (AvgIpc) is 3.11. The summed E-state index contributed by atoms with van der Waals surface area (Å²) in [4.78, 5) is 52.5. The fourth-order valence-corrected chi connectivity index (χ4v) is 4.95. The SMILES string of the molecule is COC(=O)Cn1c(=O)c2c3c(sc2n(CC(=O)c2ccccc2)c1=O)COC(C)(C)C3. The average molecular weight is 442 g/mol. The third kappa shape index (κ3) is 3.86. The lowest BCUT2D eigenvalue weighted by Gasteiger charge is -2.29. The number of ketones is 1. The zero-order valence-electron chi connectivity index (χ0n) is 17.5. The number of Topliss-reactive ketones (excluding diaryl/α,β-unsaturated/α-hetero) is 1. The van der Waals surface area contributed by atoms with Crippen molar-refractivity contribution in [2.45, 2.75) is 45.6 Å². The van der Waals surface area contributed by atoms with Gasteiger partial charge in [-0.1, -0.05) is 30.3 Å². The standard InChI is InChI=1S/C22H22N2O6S/c1-22(2)9-14-16(12-30-22)31-20-18(14)19(27)23(11-17(26)29-3)21(28)24(20)10-15(25)13-7-5-4-6-8-13/h4-8H,9-12H2,1-3H3. The fourth-order valence-electron chi connectivity index (χ4n) is 3.74. The highest BCUT2D eigenvalue weighted by molar-refractivity contribution is 7.18. The highest BCUT2D eigenvalue weighted by Gasteiger charge is 2.32. The number of thiophene rings is 1. The number of hydrogen-bond acceptors (Lipinski definition) is 7. The molecule has 0 N–H and O–H groups in total. The summed E-state index contributed by atoms with van der Waals surface area (Å²) in [6, 6.07) is 8.63. The highest BCUT2D eigenvalue weighted by atomic mass is 32.1. The Morgan fingerprint density at radius 2 is 1.84 bits per heavy atom. The number of aromatic nitrogens is 2. The summed E-state index contributed by atoms with van der Waals surface area (Å²) in [5, 5.41) is 0.362. The summed E-state index contributed by atoms with van der Waals surface area (Å²) in [6.07, 6.45) is 0.487. The lowest BCUT2D eigenvalue weighted by molar-refractivity contribution is -0.141. The Bertz CT molecular complexity index is 1300. The second kappa shape index (κ2) is 7.90. The summed E-state index contributed by atoms with van der Waals surface area (Å²) in [5.41, 5.74) is -0.476. The van der Waals surface area contributed by atoms with E-state index in [2.05, 4.69) is 4.74 Å². The zero-order valence-corrected chi connectivity index (χ0v) is 18.3. The van der Waals surface area contributed by atoms with Gasteiger partial charge in [0.2, 0.25) is 0 Å². The number of methoxy groups -OCH3 is 1. The van der Waals surface area contributed by atoms with Gasteiger partial charge in [0.15, 0.2) is 5.78 Å². The van der Waals surface area contributed by atoms with Crippen LogP contribution in [0.3, 0.4) is 0 Å². The summed E-state index contributed by atoms with van der Waals surface area (Å²) in [6.45, 7) is 3.42. The molecule has 0 radical (unpaired) electrons. The Balaban J connectivity index is 1.95.